The number of carbonyl (C=O) groups excluding carboxylic acids is 2. The number of aliphatic hydroxyl groups is 1. The molecule has 0 saturated carbocycles. The van der Waals surface area contributed by atoms with Gasteiger partial charge in [-0.3, -0.25) is 14.5 Å². The average Bonchev–Trinajstić information content (AvgIpc) is 3.09. The zero-order chi connectivity index (χ0) is 26.4. The van der Waals surface area contributed by atoms with Crippen molar-refractivity contribution in [1.82, 2.24) is 10.2 Å². The van der Waals surface area contributed by atoms with E-state index in [0.717, 1.165) is 18.1 Å². The van der Waals surface area contributed by atoms with Crippen molar-refractivity contribution in [2.45, 2.75) is 30.7 Å². The summed E-state index contributed by atoms with van der Waals surface area (Å²) in [5.74, 6) is -5.55. The highest BCUT2D eigenvalue weighted by atomic mass is 32.2. The van der Waals surface area contributed by atoms with Crippen LogP contribution in [-0.4, -0.2) is 41.7 Å². The van der Waals surface area contributed by atoms with Crippen LogP contribution in [0, 0.1) is 6.92 Å². The van der Waals surface area contributed by atoms with Gasteiger partial charge in [0.15, 0.2) is 27.2 Å². The van der Waals surface area contributed by atoms with Crippen molar-refractivity contribution < 1.29 is 31.9 Å². The van der Waals surface area contributed by atoms with Gasteiger partial charge in [0, 0.05) is 24.3 Å². The number of aliphatic hydroxyl groups excluding tert-OH is 1. The lowest BCUT2D eigenvalue weighted by Crippen LogP contribution is -2.32. The number of Topliss-reactive ketones (excluding diaryl/α,β-unsaturated/α-hetero) is 1. The molecule has 2 aromatic carbocycles. The molecule has 0 radical (unpaired) electrons. The number of carbonyl (C=O) groups is 2. The molecule has 0 saturated heterocycles. The van der Waals surface area contributed by atoms with Crippen molar-refractivity contribution in [3.63, 3.8) is 0 Å². The highest BCUT2D eigenvalue weighted by Gasteiger charge is 2.45. The lowest BCUT2D eigenvalue weighted by molar-refractivity contribution is -0.117. The fraction of sp³-hybridized carbons (Fsp3) is 0.200. The maximum atomic E-state index is 13.8. The number of rotatable bonds is 6. The van der Waals surface area contributed by atoms with Crippen molar-refractivity contribution in [2.24, 2.45) is 0 Å². The van der Waals surface area contributed by atoms with Gasteiger partial charge in [-0.1, -0.05) is 24.3 Å². The summed E-state index contributed by atoms with van der Waals surface area (Å²) >= 11 is 0. The molecule has 1 aliphatic rings. The summed E-state index contributed by atoms with van der Waals surface area (Å²) in [6.45, 7) is 2.44. The van der Waals surface area contributed by atoms with Gasteiger partial charge in [-0.2, -0.15) is 5.10 Å². The van der Waals surface area contributed by atoms with E-state index in [0.29, 0.717) is 5.69 Å². The van der Waals surface area contributed by atoms with E-state index in [-0.39, 0.29) is 33.0 Å². The number of alkyl halides is 2. The van der Waals surface area contributed by atoms with E-state index in [1.165, 1.54) is 54.6 Å². The Hall–Kier alpha value is -3.99. The quantitative estimate of drug-likeness (QED) is 0.494. The number of benzene rings is 2. The molecule has 1 aromatic heterocycles. The maximum Gasteiger partial charge on any atom is 0.295 e. The number of aryl methyl sites for hydroxylation is 1. The second-order valence-corrected chi connectivity index (χ2v) is 10.5. The molecule has 11 heteroatoms. The first kappa shape index (κ1) is 25.1. The smallest absolute Gasteiger partial charge is 0.295 e. The molecular formula is C25H21F2N3O5S. The number of aromatic nitrogens is 2. The van der Waals surface area contributed by atoms with E-state index in [9.17, 15) is 31.9 Å². The largest absolute Gasteiger partial charge is 0.503 e. The molecule has 0 fully saturated rings. The summed E-state index contributed by atoms with van der Waals surface area (Å²) in [7, 11) is -3.51. The first-order chi connectivity index (χ1) is 16.8. The topological polar surface area (TPSA) is 118 Å². The van der Waals surface area contributed by atoms with Crippen molar-refractivity contribution in [3.05, 3.63) is 94.4 Å². The second kappa shape index (κ2) is 8.90. The molecular weight excluding hydrogens is 492 g/mol. The molecule has 0 aliphatic carbocycles. The van der Waals surface area contributed by atoms with E-state index < -0.39 is 39.3 Å². The molecule has 186 valence electrons. The number of ketones is 1. The van der Waals surface area contributed by atoms with Crippen LogP contribution in [0.5, 0.6) is 0 Å². The molecule has 0 bridgehead atoms. The van der Waals surface area contributed by atoms with Gasteiger partial charge in [0.05, 0.1) is 22.2 Å². The van der Waals surface area contributed by atoms with Gasteiger partial charge in [0.2, 0.25) is 0 Å². The molecule has 1 unspecified atom stereocenters. The van der Waals surface area contributed by atoms with Gasteiger partial charge in [-0.15, -0.1) is 5.10 Å². The molecule has 1 amide bonds. The molecule has 1 atom stereocenters. The number of sulfone groups is 1. The molecule has 0 spiro atoms. The van der Waals surface area contributed by atoms with Crippen LogP contribution in [0.2, 0.25) is 0 Å². The Morgan fingerprint density at radius 1 is 1.00 bits per heavy atom. The summed E-state index contributed by atoms with van der Waals surface area (Å²) in [5, 5.41) is 18.7. The van der Waals surface area contributed by atoms with Crippen LogP contribution in [0.4, 0.5) is 14.6 Å². The van der Waals surface area contributed by atoms with Crippen molar-refractivity contribution in [3.8, 4) is 0 Å². The van der Waals surface area contributed by atoms with E-state index in [2.05, 4.69) is 10.2 Å². The van der Waals surface area contributed by atoms with Gasteiger partial charge < -0.3 is 5.11 Å². The zero-order valence-corrected chi connectivity index (χ0v) is 20.3. The monoisotopic (exact) mass is 513 g/mol. The Kier molecular flexibility index (Phi) is 6.21. The van der Waals surface area contributed by atoms with Crippen LogP contribution in [-0.2, 0) is 20.6 Å². The van der Waals surface area contributed by atoms with Crippen LogP contribution in [0.15, 0.2) is 76.9 Å². The third kappa shape index (κ3) is 4.61. The van der Waals surface area contributed by atoms with E-state index in [1.54, 1.807) is 13.0 Å². The number of hydrogen-bond acceptors (Lipinski definition) is 7. The van der Waals surface area contributed by atoms with Crippen molar-refractivity contribution >= 4 is 27.3 Å². The van der Waals surface area contributed by atoms with Crippen LogP contribution in [0.25, 0.3) is 0 Å². The second-order valence-electron chi connectivity index (χ2n) is 8.51. The molecule has 8 nitrogen and oxygen atoms in total. The molecule has 3 aromatic rings. The maximum absolute atomic E-state index is 13.8. The van der Waals surface area contributed by atoms with Crippen LogP contribution < -0.4 is 4.90 Å². The normalized spacial score (nSPS) is 16.5. The standard InChI is InChI=1S/C25H21F2N3O5S/c1-14-4-13-19(29-28-14)30-21(15-5-9-17(10-6-15)25(2,26)27)20(23(32)24(30)33)22(31)16-7-11-18(12-8-16)36(3,34)35/h4-13,21,32H,1-3H3. The highest BCUT2D eigenvalue weighted by molar-refractivity contribution is 7.90. The van der Waals surface area contributed by atoms with Crippen molar-refractivity contribution in [1.29, 1.82) is 0 Å². The third-order valence-corrected chi connectivity index (χ3v) is 6.89. The first-order valence-electron chi connectivity index (χ1n) is 10.7. The van der Waals surface area contributed by atoms with Gasteiger partial charge >= 0.3 is 0 Å². The minimum Gasteiger partial charge on any atom is -0.503 e. The molecule has 2 heterocycles. The lowest BCUT2D eigenvalue weighted by atomic mass is 9.92. The SMILES string of the molecule is Cc1ccc(N2C(=O)C(O)=C(C(=O)c3ccc(S(C)(=O)=O)cc3)C2c2ccc(C(C)(F)F)cc2)nn1. The van der Waals surface area contributed by atoms with Gasteiger partial charge in [0.25, 0.3) is 11.8 Å². The predicted molar refractivity (Wildman–Crippen MR) is 127 cm³/mol. The Bertz CT molecular complexity index is 1480. The Labute approximate surface area is 205 Å². The minimum absolute atomic E-state index is 0.0102. The third-order valence-electron chi connectivity index (χ3n) is 5.76. The number of anilines is 1. The summed E-state index contributed by atoms with van der Waals surface area (Å²) in [6.07, 6.45) is 1.02. The molecule has 36 heavy (non-hydrogen) atoms. The fourth-order valence-electron chi connectivity index (χ4n) is 3.88. The number of amides is 1. The zero-order valence-electron chi connectivity index (χ0n) is 19.4. The predicted octanol–water partition coefficient (Wildman–Crippen LogP) is 4.08. The Balaban J connectivity index is 1.84. The van der Waals surface area contributed by atoms with Gasteiger partial charge in [-0.25, -0.2) is 17.2 Å². The van der Waals surface area contributed by atoms with E-state index in [4.69, 9.17) is 0 Å². The van der Waals surface area contributed by atoms with Gasteiger partial charge in [0.1, 0.15) is 0 Å². The highest BCUT2D eigenvalue weighted by Crippen LogP contribution is 2.42. The number of halogens is 2. The Morgan fingerprint density at radius 2 is 1.61 bits per heavy atom. The average molecular weight is 514 g/mol. The van der Waals surface area contributed by atoms with Crippen LogP contribution >= 0.6 is 0 Å². The summed E-state index contributed by atoms with van der Waals surface area (Å²) < 4.78 is 51.1. The van der Waals surface area contributed by atoms with E-state index >= 15 is 0 Å². The van der Waals surface area contributed by atoms with Gasteiger partial charge in [-0.05, 0) is 48.9 Å². The Morgan fingerprint density at radius 3 is 2.11 bits per heavy atom. The van der Waals surface area contributed by atoms with Crippen LogP contribution in [0.3, 0.4) is 0 Å². The lowest BCUT2D eigenvalue weighted by Gasteiger charge is -2.26. The fourth-order valence-corrected chi connectivity index (χ4v) is 4.51. The summed E-state index contributed by atoms with van der Waals surface area (Å²) in [5.41, 5.74) is 0.297. The first-order valence-corrected chi connectivity index (χ1v) is 12.6. The molecule has 1 N–H and O–H groups in total. The minimum atomic E-state index is -3.51. The summed E-state index contributed by atoms with van der Waals surface area (Å²) in [4.78, 5) is 27.7. The van der Waals surface area contributed by atoms with Crippen LogP contribution in [0.1, 0.15) is 40.1 Å². The van der Waals surface area contributed by atoms with E-state index in [1.807, 2.05) is 0 Å². The molecule has 4 rings (SSSR count). The summed E-state index contributed by atoms with van der Waals surface area (Å²) in [6, 6.07) is 12.0. The van der Waals surface area contributed by atoms with Crippen molar-refractivity contribution in [2.75, 3.05) is 11.2 Å². The number of nitrogens with zero attached hydrogens (tertiary/aromatic N) is 3. The number of hydrogen-bond donors (Lipinski definition) is 1. The molecule has 1 aliphatic heterocycles.